The van der Waals surface area contributed by atoms with Gasteiger partial charge in [-0.2, -0.15) is 11.8 Å². The monoisotopic (exact) mass is 238 g/mol. The highest BCUT2D eigenvalue weighted by atomic mass is 32.2. The zero-order valence-corrected chi connectivity index (χ0v) is 9.59. The molecule has 0 spiro atoms. The van der Waals surface area contributed by atoms with Gasteiger partial charge in [0.2, 0.25) is 5.91 Å². The van der Waals surface area contributed by atoms with Crippen molar-refractivity contribution in [2.75, 3.05) is 23.4 Å². The summed E-state index contributed by atoms with van der Waals surface area (Å²) in [6.07, 6.45) is 0. The van der Waals surface area contributed by atoms with Gasteiger partial charge in [0.05, 0.1) is 6.04 Å². The van der Waals surface area contributed by atoms with Crippen LogP contribution in [-0.4, -0.2) is 35.1 Å². The Labute approximate surface area is 98.4 Å². The van der Waals surface area contributed by atoms with Crippen LogP contribution in [-0.2, 0) is 4.79 Å². The van der Waals surface area contributed by atoms with E-state index >= 15 is 0 Å². The molecule has 0 saturated carbocycles. The second kappa shape index (κ2) is 5.23. The number of aromatic hydroxyl groups is 1. The number of amides is 1. The molecule has 4 nitrogen and oxygen atoms in total. The summed E-state index contributed by atoms with van der Waals surface area (Å²) in [5, 5.41) is 15.2. The first-order valence-electron chi connectivity index (χ1n) is 5.17. The Hall–Kier alpha value is -1.20. The van der Waals surface area contributed by atoms with Gasteiger partial charge in [0.1, 0.15) is 5.75 Å². The van der Waals surface area contributed by atoms with Crippen molar-refractivity contribution in [1.29, 1.82) is 0 Å². The van der Waals surface area contributed by atoms with Crippen molar-refractivity contribution in [1.82, 2.24) is 5.32 Å². The third-order valence-electron chi connectivity index (χ3n) is 2.35. The Balaban J connectivity index is 1.96. The Morgan fingerprint density at radius 2 is 2.44 bits per heavy atom. The standard InChI is InChI=1S/C11H14N2O2S/c14-9-3-1-2-8(6-9)13-11(15)10-7-16-5-4-12-10/h1-3,6,10,12,14H,4-5,7H2,(H,13,15). The summed E-state index contributed by atoms with van der Waals surface area (Å²) in [5.41, 5.74) is 0.627. The van der Waals surface area contributed by atoms with Crippen LogP contribution in [0.25, 0.3) is 0 Å². The van der Waals surface area contributed by atoms with Gasteiger partial charge in [0.15, 0.2) is 0 Å². The first-order chi connectivity index (χ1) is 7.75. The van der Waals surface area contributed by atoms with Crippen molar-refractivity contribution in [3.8, 4) is 5.75 Å². The largest absolute Gasteiger partial charge is 0.508 e. The Morgan fingerprint density at radius 1 is 1.56 bits per heavy atom. The number of anilines is 1. The number of carbonyl (C=O) groups excluding carboxylic acids is 1. The molecule has 3 N–H and O–H groups in total. The number of phenolic OH excluding ortho intramolecular Hbond substituents is 1. The summed E-state index contributed by atoms with van der Waals surface area (Å²) < 4.78 is 0. The quantitative estimate of drug-likeness (QED) is 0.720. The maximum atomic E-state index is 11.8. The second-order valence-electron chi connectivity index (χ2n) is 3.62. The molecule has 1 fully saturated rings. The van der Waals surface area contributed by atoms with Crippen molar-refractivity contribution in [2.45, 2.75) is 6.04 Å². The molecule has 1 aliphatic heterocycles. The number of carbonyl (C=O) groups is 1. The van der Waals surface area contributed by atoms with Crippen LogP contribution in [0.1, 0.15) is 0 Å². The van der Waals surface area contributed by atoms with E-state index in [4.69, 9.17) is 0 Å². The highest BCUT2D eigenvalue weighted by Crippen LogP contribution is 2.16. The molecule has 1 unspecified atom stereocenters. The fraction of sp³-hybridized carbons (Fsp3) is 0.364. The van der Waals surface area contributed by atoms with E-state index in [0.717, 1.165) is 18.1 Å². The Morgan fingerprint density at radius 3 is 3.12 bits per heavy atom. The van der Waals surface area contributed by atoms with Crippen LogP contribution < -0.4 is 10.6 Å². The summed E-state index contributed by atoms with van der Waals surface area (Å²) in [5.74, 6) is 1.96. The van der Waals surface area contributed by atoms with Gasteiger partial charge in [0, 0.05) is 29.8 Å². The normalized spacial score (nSPS) is 20.4. The molecule has 1 amide bonds. The fourth-order valence-corrected chi connectivity index (χ4v) is 2.48. The average Bonchev–Trinajstić information content (AvgIpc) is 2.30. The highest BCUT2D eigenvalue weighted by molar-refractivity contribution is 7.99. The van der Waals surface area contributed by atoms with E-state index in [1.165, 1.54) is 6.07 Å². The number of rotatable bonds is 2. The van der Waals surface area contributed by atoms with Crippen molar-refractivity contribution in [2.24, 2.45) is 0 Å². The number of hydrogen-bond donors (Lipinski definition) is 3. The second-order valence-corrected chi connectivity index (χ2v) is 4.77. The number of benzene rings is 1. The average molecular weight is 238 g/mol. The molecule has 0 aromatic heterocycles. The molecule has 0 bridgehead atoms. The summed E-state index contributed by atoms with van der Waals surface area (Å²) in [4.78, 5) is 11.8. The summed E-state index contributed by atoms with van der Waals surface area (Å²) >= 11 is 1.77. The van der Waals surface area contributed by atoms with Gasteiger partial charge in [-0.25, -0.2) is 0 Å². The van der Waals surface area contributed by atoms with E-state index in [1.807, 2.05) is 0 Å². The number of hydrogen-bond acceptors (Lipinski definition) is 4. The molecular formula is C11H14N2O2S. The molecule has 86 valence electrons. The Kier molecular flexibility index (Phi) is 3.69. The molecule has 1 atom stereocenters. The molecule has 1 heterocycles. The third-order valence-corrected chi connectivity index (χ3v) is 3.41. The van der Waals surface area contributed by atoms with Crippen molar-refractivity contribution < 1.29 is 9.90 Å². The molecule has 0 aliphatic carbocycles. The number of nitrogens with one attached hydrogen (secondary N) is 2. The smallest absolute Gasteiger partial charge is 0.242 e. The third kappa shape index (κ3) is 2.90. The van der Waals surface area contributed by atoms with Crippen LogP contribution in [0.3, 0.4) is 0 Å². The predicted molar refractivity (Wildman–Crippen MR) is 65.9 cm³/mol. The lowest BCUT2D eigenvalue weighted by Gasteiger charge is -2.22. The van der Waals surface area contributed by atoms with Crippen LogP contribution in [0.2, 0.25) is 0 Å². The van der Waals surface area contributed by atoms with Crippen molar-refractivity contribution in [3.63, 3.8) is 0 Å². The molecular weight excluding hydrogens is 224 g/mol. The molecule has 1 aromatic rings. The Bertz CT molecular complexity index is 378. The lowest BCUT2D eigenvalue weighted by atomic mass is 10.2. The van der Waals surface area contributed by atoms with Gasteiger partial charge in [-0.15, -0.1) is 0 Å². The van der Waals surface area contributed by atoms with Gasteiger partial charge >= 0.3 is 0 Å². The fourth-order valence-electron chi connectivity index (χ4n) is 1.55. The van der Waals surface area contributed by atoms with E-state index in [0.29, 0.717) is 5.69 Å². The number of thioether (sulfide) groups is 1. The summed E-state index contributed by atoms with van der Waals surface area (Å²) in [6, 6.07) is 6.43. The molecule has 1 aromatic carbocycles. The molecule has 5 heteroatoms. The zero-order valence-electron chi connectivity index (χ0n) is 8.77. The lowest BCUT2D eigenvalue weighted by molar-refractivity contribution is -0.117. The van der Waals surface area contributed by atoms with Gasteiger partial charge in [-0.1, -0.05) is 6.07 Å². The first-order valence-corrected chi connectivity index (χ1v) is 6.32. The SMILES string of the molecule is O=C(Nc1cccc(O)c1)C1CSCCN1. The minimum absolute atomic E-state index is 0.0437. The van der Waals surface area contributed by atoms with Crippen molar-refractivity contribution in [3.05, 3.63) is 24.3 Å². The van der Waals surface area contributed by atoms with Gasteiger partial charge in [-0.3, -0.25) is 4.79 Å². The first kappa shape index (κ1) is 11.3. The number of phenols is 1. The zero-order chi connectivity index (χ0) is 11.4. The van der Waals surface area contributed by atoms with Crippen LogP contribution in [0.5, 0.6) is 5.75 Å². The molecule has 16 heavy (non-hydrogen) atoms. The maximum Gasteiger partial charge on any atom is 0.242 e. The van der Waals surface area contributed by atoms with Gasteiger partial charge < -0.3 is 15.7 Å². The van der Waals surface area contributed by atoms with E-state index in [1.54, 1.807) is 30.0 Å². The topological polar surface area (TPSA) is 61.4 Å². The van der Waals surface area contributed by atoms with Crippen LogP contribution in [0.15, 0.2) is 24.3 Å². The predicted octanol–water partition coefficient (Wildman–Crippen LogP) is 1.04. The highest BCUT2D eigenvalue weighted by Gasteiger charge is 2.20. The summed E-state index contributed by atoms with van der Waals surface area (Å²) in [7, 11) is 0. The lowest BCUT2D eigenvalue weighted by Crippen LogP contribution is -2.46. The van der Waals surface area contributed by atoms with Crippen molar-refractivity contribution >= 4 is 23.4 Å². The van der Waals surface area contributed by atoms with Crippen LogP contribution in [0.4, 0.5) is 5.69 Å². The minimum atomic E-state index is -0.138. The van der Waals surface area contributed by atoms with E-state index in [2.05, 4.69) is 10.6 Å². The molecule has 1 aliphatic rings. The van der Waals surface area contributed by atoms with E-state index < -0.39 is 0 Å². The van der Waals surface area contributed by atoms with E-state index in [9.17, 15) is 9.90 Å². The van der Waals surface area contributed by atoms with Crippen LogP contribution >= 0.6 is 11.8 Å². The molecule has 2 rings (SSSR count). The molecule has 1 saturated heterocycles. The maximum absolute atomic E-state index is 11.8. The van der Waals surface area contributed by atoms with Gasteiger partial charge in [-0.05, 0) is 12.1 Å². The van der Waals surface area contributed by atoms with Crippen LogP contribution in [0, 0.1) is 0 Å². The molecule has 0 radical (unpaired) electrons. The summed E-state index contributed by atoms with van der Waals surface area (Å²) in [6.45, 7) is 0.864. The minimum Gasteiger partial charge on any atom is -0.508 e. The van der Waals surface area contributed by atoms with Gasteiger partial charge in [0.25, 0.3) is 0 Å². The van der Waals surface area contributed by atoms with E-state index in [-0.39, 0.29) is 17.7 Å².